The summed E-state index contributed by atoms with van der Waals surface area (Å²) in [6.45, 7) is 0.495. The summed E-state index contributed by atoms with van der Waals surface area (Å²) in [7, 11) is 0. The zero-order chi connectivity index (χ0) is 10.8. The van der Waals surface area contributed by atoms with Crippen LogP contribution in [-0.4, -0.2) is 17.7 Å². The Labute approximate surface area is 81.4 Å². The zero-order valence-corrected chi connectivity index (χ0v) is 7.83. The smallest absolute Gasteiger partial charge is 0.248 e. The van der Waals surface area contributed by atoms with E-state index in [0.717, 1.165) is 0 Å². The van der Waals surface area contributed by atoms with E-state index in [1.165, 1.54) is 31.2 Å². The van der Waals surface area contributed by atoms with Gasteiger partial charge in [-0.05, 0) is 24.6 Å². The first-order chi connectivity index (χ1) is 6.47. The Morgan fingerprint density at radius 2 is 2.00 bits per heavy atom. The van der Waals surface area contributed by atoms with Crippen LogP contribution in [0.4, 0.5) is 4.39 Å². The van der Waals surface area contributed by atoms with Gasteiger partial charge >= 0.3 is 0 Å². The second-order valence-corrected chi connectivity index (χ2v) is 3.35. The number of halogens is 1. The number of rotatable bonds is 3. The maximum Gasteiger partial charge on any atom is 0.248 e. The van der Waals surface area contributed by atoms with Crippen LogP contribution < -0.4 is 5.73 Å². The van der Waals surface area contributed by atoms with Crippen LogP contribution in [0.15, 0.2) is 24.3 Å². The number of hydrogen-bond donors (Lipinski definition) is 2. The highest BCUT2D eigenvalue weighted by atomic mass is 19.1. The van der Waals surface area contributed by atoms with Crippen LogP contribution in [0.2, 0.25) is 0 Å². The molecule has 1 amide bonds. The van der Waals surface area contributed by atoms with E-state index in [0.29, 0.717) is 11.1 Å². The fourth-order valence-corrected chi connectivity index (χ4v) is 1.07. The molecule has 1 aromatic rings. The topological polar surface area (TPSA) is 63.3 Å². The van der Waals surface area contributed by atoms with E-state index < -0.39 is 18.2 Å². The van der Waals surface area contributed by atoms with Crippen LogP contribution in [0.25, 0.3) is 0 Å². The highest BCUT2D eigenvalue weighted by Crippen LogP contribution is 2.21. The third kappa shape index (κ3) is 2.09. The van der Waals surface area contributed by atoms with E-state index in [1.807, 2.05) is 0 Å². The lowest BCUT2D eigenvalue weighted by atomic mass is 9.96. The van der Waals surface area contributed by atoms with E-state index >= 15 is 0 Å². The van der Waals surface area contributed by atoms with Crippen molar-refractivity contribution in [3.05, 3.63) is 35.4 Å². The molecule has 0 aliphatic heterocycles. The Morgan fingerprint density at radius 1 is 1.50 bits per heavy atom. The summed E-state index contributed by atoms with van der Waals surface area (Å²) >= 11 is 0. The number of carbonyl (C=O) groups excluding carboxylic acids is 1. The second kappa shape index (κ2) is 3.75. The summed E-state index contributed by atoms with van der Waals surface area (Å²) < 4.78 is 12.4. The van der Waals surface area contributed by atoms with Crippen molar-refractivity contribution < 1.29 is 14.3 Å². The Bertz CT molecular complexity index is 332. The first-order valence-electron chi connectivity index (χ1n) is 4.16. The van der Waals surface area contributed by atoms with Gasteiger partial charge in [0.2, 0.25) is 5.91 Å². The number of alkyl halides is 1. The van der Waals surface area contributed by atoms with Gasteiger partial charge in [0.25, 0.3) is 0 Å². The van der Waals surface area contributed by atoms with Crippen LogP contribution in [0, 0.1) is 0 Å². The summed E-state index contributed by atoms with van der Waals surface area (Å²) in [5.41, 5.74) is 4.28. The molecular formula is C10H12FNO2. The maximum atomic E-state index is 12.4. The van der Waals surface area contributed by atoms with Gasteiger partial charge in [-0.2, -0.15) is 0 Å². The molecule has 0 spiro atoms. The van der Waals surface area contributed by atoms with E-state index in [9.17, 15) is 14.3 Å². The molecule has 0 aliphatic rings. The third-order valence-electron chi connectivity index (χ3n) is 2.05. The minimum atomic E-state index is -1.50. The fourth-order valence-electron chi connectivity index (χ4n) is 1.07. The number of carbonyl (C=O) groups is 1. The molecule has 0 aliphatic carbocycles. The highest BCUT2D eigenvalue weighted by molar-refractivity contribution is 5.92. The summed E-state index contributed by atoms with van der Waals surface area (Å²) in [5, 5.41) is 9.53. The van der Waals surface area contributed by atoms with Gasteiger partial charge in [0, 0.05) is 5.56 Å². The number of primary amides is 1. The number of amides is 1. The molecule has 3 N–H and O–H groups in total. The van der Waals surface area contributed by atoms with E-state index in [2.05, 4.69) is 0 Å². The number of aliphatic hydroxyl groups is 1. The van der Waals surface area contributed by atoms with Crippen LogP contribution in [0.5, 0.6) is 0 Å². The Kier molecular flexibility index (Phi) is 2.86. The number of nitrogens with two attached hydrogens (primary N) is 1. The van der Waals surface area contributed by atoms with Crippen molar-refractivity contribution in [3.63, 3.8) is 0 Å². The monoisotopic (exact) mass is 197 g/mol. The molecule has 4 heteroatoms. The maximum absolute atomic E-state index is 12.4. The van der Waals surface area contributed by atoms with Crippen LogP contribution in [-0.2, 0) is 5.60 Å². The standard InChI is InChI=1S/C10H12FNO2/c1-10(14,6-11)8-4-2-7(3-5-8)9(12)13/h2-5,14H,6H2,1H3,(H2,12,13). The quantitative estimate of drug-likeness (QED) is 0.758. The molecule has 0 radical (unpaired) electrons. The van der Waals surface area contributed by atoms with Gasteiger partial charge in [0.05, 0.1) is 0 Å². The minimum absolute atomic E-state index is 0.336. The molecule has 0 saturated carbocycles. The van der Waals surface area contributed by atoms with Crippen molar-refractivity contribution in [1.82, 2.24) is 0 Å². The molecule has 1 atom stereocenters. The molecule has 0 bridgehead atoms. The van der Waals surface area contributed by atoms with Gasteiger partial charge in [-0.3, -0.25) is 4.79 Å². The Morgan fingerprint density at radius 3 is 2.36 bits per heavy atom. The van der Waals surface area contributed by atoms with Gasteiger partial charge in [-0.1, -0.05) is 12.1 Å². The van der Waals surface area contributed by atoms with E-state index in [4.69, 9.17) is 5.73 Å². The molecule has 0 aromatic heterocycles. The van der Waals surface area contributed by atoms with Crippen LogP contribution in [0.3, 0.4) is 0 Å². The molecular weight excluding hydrogens is 185 g/mol. The first kappa shape index (κ1) is 10.7. The molecule has 1 unspecified atom stereocenters. The summed E-state index contributed by atoms with van der Waals surface area (Å²) in [6, 6.07) is 5.89. The molecule has 0 fully saturated rings. The fraction of sp³-hybridized carbons (Fsp3) is 0.300. The van der Waals surface area contributed by atoms with Gasteiger partial charge in [-0.15, -0.1) is 0 Å². The Balaban J connectivity index is 2.99. The largest absolute Gasteiger partial charge is 0.383 e. The van der Waals surface area contributed by atoms with Gasteiger partial charge in [0.1, 0.15) is 12.3 Å². The average molecular weight is 197 g/mol. The molecule has 0 saturated heterocycles. The van der Waals surface area contributed by atoms with Crippen LogP contribution in [0.1, 0.15) is 22.8 Å². The van der Waals surface area contributed by atoms with Crippen molar-refractivity contribution in [2.45, 2.75) is 12.5 Å². The molecule has 0 heterocycles. The molecule has 76 valence electrons. The lowest BCUT2D eigenvalue weighted by Crippen LogP contribution is -2.23. The number of hydrogen-bond acceptors (Lipinski definition) is 2. The molecule has 3 nitrogen and oxygen atoms in total. The predicted molar refractivity (Wildman–Crippen MR) is 50.5 cm³/mol. The summed E-state index contributed by atoms with van der Waals surface area (Å²) in [6.07, 6.45) is 0. The van der Waals surface area contributed by atoms with Crippen molar-refractivity contribution >= 4 is 5.91 Å². The summed E-state index contributed by atoms with van der Waals surface area (Å²) in [5.74, 6) is -0.545. The zero-order valence-electron chi connectivity index (χ0n) is 7.83. The van der Waals surface area contributed by atoms with Crippen molar-refractivity contribution in [2.24, 2.45) is 5.73 Å². The van der Waals surface area contributed by atoms with Gasteiger partial charge in [-0.25, -0.2) is 4.39 Å². The molecule has 1 rings (SSSR count). The SMILES string of the molecule is CC(O)(CF)c1ccc(C(N)=O)cc1. The van der Waals surface area contributed by atoms with Crippen LogP contribution >= 0.6 is 0 Å². The lowest BCUT2D eigenvalue weighted by Gasteiger charge is -2.19. The highest BCUT2D eigenvalue weighted by Gasteiger charge is 2.22. The van der Waals surface area contributed by atoms with E-state index in [1.54, 1.807) is 0 Å². The van der Waals surface area contributed by atoms with Crippen molar-refractivity contribution in [2.75, 3.05) is 6.67 Å². The molecule has 14 heavy (non-hydrogen) atoms. The Hall–Kier alpha value is -1.42. The van der Waals surface area contributed by atoms with Crippen molar-refractivity contribution in [1.29, 1.82) is 0 Å². The molecule has 1 aromatic carbocycles. The normalized spacial score (nSPS) is 14.8. The van der Waals surface area contributed by atoms with E-state index in [-0.39, 0.29) is 0 Å². The van der Waals surface area contributed by atoms with Gasteiger partial charge in [0.15, 0.2) is 0 Å². The lowest BCUT2D eigenvalue weighted by molar-refractivity contribution is 0.0299. The third-order valence-corrected chi connectivity index (χ3v) is 2.05. The minimum Gasteiger partial charge on any atom is -0.383 e. The van der Waals surface area contributed by atoms with Gasteiger partial charge < -0.3 is 10.8 Å². The average Bonchev–Trinajstić information content (AvgIpc) is 2.18. The summed E-state index contributed by atoms with van der Waals surface area (Å²) in [4.78, 5) is 10.7. The van der Waals surface area contributed by atoms with Crippen molar-refractivity contribution in [3.8, 4) is 0 Å². The second-order valence-electron chi connectivity index (χ2n) is 3.35. The predicted octanol–water partition coefficient (Wildman–Crippen LogP) is 0.963. The number of benzene rings is 1. The first-order valence-corrected chi connectivity index (χ1v) is 4.16.